The molecule has 0 radical (unpaired) electrons. The highest BCUT2D eigenvalue weighted by Crippen LogP contribution is 2.36. The van der Waals surface area contributed by atoms with Gasteiger partial charge in [0.1, 0.15) is 12.4 Å². The molecule has 1 aliphatic carbocycles. The average molecular weight is 381 g/mol. The quantitative estimate of drug-likeness (QED) is 0.862. The minimum atomic E-state index is -0.189. The molecule has 2 aromatic rings. The van der Waals surface area contributed by atoms with E-state index in [4.69, 9.17) is 14.5 Å². The smallest absolute Gasteiger partial charge is 0.226 e. The third-order valence-electron chi connectivity index (χ3n) is 5.63. The van der Waals surface area contributed by atoms with Crippen LogP contribution < -0.4 is 14.8 Å². The number of hydrogen-bond donors (Lipinski definition) is 1. The first-order valence-electron chi connectivity index (χ1n) is 10.1. The zero-order valence-electron chi connectivity index (χ0n) is 16.6. The minimum Gasteiger partial charge on any atom is -0.493 e. The number of fused-ring (bicyclic) bond motifs is 2. The summed E-state index contributed by atoms with van der Waals surface area (Å²) in [6.45, 7) is 2.98. The molecule has 0 saturated heterocycles. The highest BCUT2D eigenvalue weighted by molar-refractivity contribution is 5.79. The molecule has 1 aromatic heterocycles. The van der Waals surface area contributed by atoms with E-state index in [1.165, 1.54) is 24.1 Å². The maximum Gasteiger partial charge on any atom is 0.226 e. The first-order chi connectivity index (χ1) is 13.7. The summed E-state index contributed by atoms with van der Waals surface area (Å²) in [7, 11) is 1.63. The van der Waals surface area contributed by atoms with E-state index in [1.807, 2.05) is 18.2 Å². The molecule has 0 saturated carbocycles. The van der Waals surface area contributed by atoms with E-state index in [1.54, 1.807) is 7.11 Å². The van der Waals surface area contributed by atoms with Crippen molar-refractivity contribution < 1.29 is 14.3 Å². The molecule has 28 heavy (non-hydrogen) atoms. The van der Waals surface area contributed by atoms with Crippen molar-refractivity contribution in [3.05, 3.63) is 46.5 Å². The Bertz CT molecular complexity index is 882. The van der Waals surface area contributed by atoms with Crippen molar-refractivity contribution in [1.29, 1.82) is 0 Å². The maximum atomic E-state index is 12.6. The molecule has 148 valence electrons. The predicted octanol–water partition coefficient (Wildman–Crippen LogP) is 2.58. The number of methoxy groups -OCH3 is 1. The Morgan fingerprint density at radius 3 is 3.00 bits per heavy atom. The van der Waals surface area contributed by atoms with Crippen LogP contribution in [0, 0.1) is 12.8 Å². The second kappa shape index (κ2) is 8.17. The van der Waals surface area contributed by atoms with Crippen molar-refractivity contribution in [2.45, 2.75) is 45.4 Å². The number of aromatic nitrogens is 2. The van der Waals surface area contributed by atoms with Crippen LogP contribution in [0.5, 0.6) is 11.5 Å². The summed E-state index contributed by atoms with van der Waals surface area (Å²) < 4.78 is 11.1. The van der Waals surface area contributed by atoms with Crippen molar-refractivity contribution in [3.63, 3.8) is 0 Å². The first-order valence-corrected chi connectivity index (χ1v) is 10.1. The Morgan fingerprint density at radius 1 is 1.29 bits per heavy atom. The molecular weight excluding hydrogens is 354 g/mol. The van der Waals surface area contributed by atoms with E-state index >= 15 is 0 Å². The summed E-state index contributed by atoms with van der Waals surface area (Å²) in [5, 5.41) is 3.03. The molecule has 0 unspecified atom stereocenters. The van der Waals surface area contributed by atoms with Gasteiger partial charge in [-0.2, -0.15) is 0 Å². The number of nitrogens with zero attached hydrogens (tertiary/aromatic N) is 2. The van der Waals surface area contributed by atoms with E-state index < -0.39 is 0 Å². The Kier molecular flexibility index (Phi) is 5.46. The highest BCUT2D eigenvalue weighted by atomic mass is 16.5. The van der Waals surface area contributed by atoms with Crippen LogP contribution in [0.4, 0.5) is 0 Å². The van der Waals surface area contributed by atoms with Crippen LogP contribution in [0.1, 0.15) is 41.2 Å². The van der Waals surface area contributed by atoms with Crippen LogP contribution in [0.15, 0.2) is 18.2 Å². The van der Waals surface area contributed by atoms with Gasteiger partial charge in [-0.15, -0.1) is 0 Å². The SMILES string of the molecule is COc1cccc2c1OC[C@H](C(=O)NCCc1nc(C)c3c(n1)CCCC3)C2. The normalized spacial score (nSPS) is 17.9. The lowest BCUT2D eigenvalue weighted by Crippen LogP contribution is -2.38. The summed E-state index contributed by atoms with van der Waals surface area (Å²) in [5.74, 6) is 2.13. The lowest BCUT2D eigenvalue weighted by molar-refractivity contribution is -0.126. The fourth-order valence-electron chi connectivity index (χ4n) is 4.12. The number of para-hydroxylation sites is 1. The molecule has 1 aliphatic heterocycles. The number of carbonyl (C=O) groups excluding carboxylic acids is 1. The lowest BCUT2D eigenvalue weighted by Gasteiger charge is -2.25. The van der Waals surface area contributed by atoms with Gasteiger partial charge in [0, 0.05) is 24.4 Å². The van der Waals surface area contributed by atoms with Gasteiger partial charge in [0.25, 0.3) is 0 Å². The van der Waals surface area contributed by atoms with Crippen LogP contribution >= 0.6 is 0 Å². The summed E-state index contributed by atoms with van der Waals surface area (Å²) in [5.41, 5.74) is 4.63. The van der Waals surface area contributed by atoms with Gasteiger partial charge in [0.05, 0.1) is 13.0 Å². The fourth-order valence-corrected chi connectivity index (χ4v) is 4.12. The van der Waals surface area contributed by atoms with Crippen LogP contribution in [0.3, 0.4) is 0 Å². The molecule has 4 rings (SSSR count). The number of hydrogen-bond acceptors (Lipinski definition) is 5. The van der Waals surface area contributed by atoms with Crippen LogP contribution in [-0.4, -0.2) is 36.1 Å². The molecule has 1 amide bonds. The number of carbonyl (C=O) groups is 1. The zero-order chi connectivity index (χ0) is 19.5. The molecule has 0 spiro atoms. The molecule has 2 aliphatic rings. The summed E-state index contributed by atoms with van der Waals surface area (Å²) in [4.78, 5) is 22.0. The molecule has 0 fully saturated rings. The van der Waals surface area contributed by atoms with E-state index in [2.05, 4.69) is 17.2 Å². The average Bonchev–Trinajstić information content (AvgIpc) is 2.73. The molecule has 6 heteroatoms. The van der Waals surface area contributed by atoms with E-state index in [9.17, 15) is 4.79 Å². The molecule has 1 aromatic carbocycles. The van der Waals surface area contributed by atoms with Gasteiger partial charge in [0.15, 0.2) is 11.5 Å². The van der Waals surface area contributed by atoms with Crippen LogP contribution in [-0.2, 0) is 30.5 Å². The third-order valence-corrected chi connectivity index (χ3v) is 5.63. The molecule has 1 N–H and O–H groups in total. The maximum absolute atomic E-state index is 12.6. The fraction of sp³-hybridized carbons (Fsp3) is 0.500. The Labute approximate surface area is 165 Å². The Balaban J connectivity index is 1.33. The number of ether oxygens (including phenoxy) is 2. The van der Waals surface area contributed by atoms with Crippen molar-refractivity contribution >= 4 is 5.91 Å². The molecule has 6 nitrogen and oxygen atoms in total. The molecule has 2 heterocycles. The van der Waals surface area contributed by atoms with Gasteiger partial charge in [-0.05, 0) is 56.2 Å². The number of aryl methyl sites for hydroxylation is 2. The standard InChI is InChI=1S/C22H27N3O3/c1-14-17-7-3-4-8-18(17)25-20(24-14)10-11-23-22(26)16-12-15-6-5-9-19(27-2)21(15)28-13-16/h5-6,9,16H,3-4,7-8,10-13H2,1-2H3,(H,23,26)/t16-/m1/s1. The van der Waals surface area contributed by atoms with Gasteiger partial charge >= 0.3 is 0 Å². The Hall–Kier alpha value is -2.63. The second-order valence-electron chi connectivity index (χ2n) is 7.56. The summed E-state index contributed by atoms with van der Waals surface area (Å²) >= 11 is 0. The van der Waals surface area contributed by atoms with E-state index in [-0.39, 0.29) is 11.8 Å². The largest absolute Gasteiger partial charge is 0.493 e. The van der Waals surface area contributed by atoms with Crippen LogP contribution in [0.25, 0.3) is 0 Å². The number of nitrogens with one attached hydrogen (secondary N) is 1. The van der Waals surface area contributed by atoms with Crippen molar-refractivity contribution in [3.8, 4) is 11.5 Å². The van der Waals surface area contributed by atoms with Gasteiger partial charge in [-0.25, -0.2) is 9.97 Å². The van der Waals surface area contributed by atoms with Crippen LogP contribution in [0.2, 0.25) is 0 Å². The number of benzene rings is 1. The third kappa shape index (κ3) is 3.81. The Morgan fingerprint density at radius 2 is 2.14 bits per heavy atom. The minimum absolute atomic E-state index is 0.0168. The monoisotopic (exact) mass is 381 g/mol. The zero-order valence-corrected chi connectivity index (χ0v) is 16.6. The summed E-state index contributed by atoms with van der Waals surface area (Å²) in [6, 6.07) is 5.79. The lowest BCUT2D eigenvalue weighted by atomic mass is 9.95. The van der Waals surface area contributed by atoms with Gasteiger partial charge in [-0.1, -0.05) is 12.1 Å². The van der Waals surface area contributed by atoms with Gasteiger partial charge in [0.2, 0.25) is 5.91 Å². The highest BCUT2D eigenvalue weighted by Gasteiger charge is 2.27. The topological polar surface area (TPSA) is 73.3 Å². The molecule has 0 bridgehead atoms. The predicted molar refractivity (Wildman–Crippen MR) is 106 cm³/mol. The number of amides is 1. The van der Waals surface area contributed by atoms with Gasteiger partial charge in [-0.3, -0.25) is 4.79 Å². The number of rotatable bonds is 5. The second-order valence-corrected chi connectivity index (χ2v) is 7.56. The molecule has 1 atom stereocenters. The van der Waals surface area contributed by atoms with Crippen molar-refractivity contribution in [2.24, 2.45) is 5.92 Å². The van der Waals surface area contributed by atoms with Crippen molar-refractivity contribution in [2.75, 3.05) is 20.3 Å². The summed E-state index contributed by atoms with van der Waals surface area (Å²) in [6.07, 6.45) is 5.87. The van der Waals surface area contributed by atoms with Crippen molar-refractivity contribution in [1.82, 2.24) is 15.3 Å². The van der Waals surface area contributed by atoms with E-state index in [0.717, 1.165) is 41.4 Å². The first kappa shape index (κ1) is 18.7. The van der Waals surface area contributed by atoms with Gasteiger partial charge < -0.3 is 14.8 Å². The molecular formula is C22H27N3O3. The van der Waals surface area contributed by atoms with E-state index in [0.29, 0.717) is 26.0 Å².